The van der Waals surface area contributed by atoms with Gasteiger partial charge in [0.2, 0.25) is 11.8 Å². The maximum atomic E-state index is 11.9. The number of carbonyl (C=O) groups is 2. The van der Waals surface area contributed by atoms with Gasteiger partial charge in [-0.05, 0) is 12.8 Å². The van der Waals surface area contributed by atoms with Gasteiger partial charge in [-0.2, -0.15) is 11.8 Å². The van der Waals surface area contributed by atoms with Gasteiger partial charge in [0, 0.05) is 24.1 Å². The zero-order chi connectivity index (χ0) is 12.3. The third-order valence-electron chi connectivity index (χ3n) is 2.97. The lowest BCUT2D eigenvalue weighted by atomic mass is 10.2. The summed E-state index contributed by atoms with van der Waals surface area (Å²) in [6, 6.07) is -0.0793. The maximum Gasteiger partial charge on any atom is 0.247 e. The molecule has 2 rings (SSSR count). The van der Waals surface area contributed by atoms with Gasteiger partial charge in [0.05, 0.1) is 12.5 Å². The Kier molecular flexibility index (Phi) is 4.23. The van der Waals surface area contributed by atoms with Gasteiger partial charge >= 0.3 is 0 Å². The van der Waals surface area contributed by atoms with Crippen molar-refractivity contribution in [2.24, 2.45) is 0 Å². The van der Waals surface area contributed by atoms with Crippen LogP contribution in [0.4, 0.5) is 0 Å². The van der Waals surface area contributed by atoms with E-state index < -0.39 is 0 Å². The van der Waals surface area contributed by atoms with E-state index in [1.54, 1.807) is 11.8 Å². The molecule has 1 heterocycles. The molecule has 1 aliphatic carbocycles. The molecule has 4 nitrogen and oxygen atoms in total. The number of nitrogens with one attached hydrogen (secondary N) is 1. The van der Waals surface area contributed by atoms with E-state index in [-0.39, 0.29) is 23.9 Å². The zero-order valence-electron chi connectivity index (χ0n) is 9.85. The summed E-state index contributed by atoms with van der Waals surface area (Å²) in [6.45, 7) is 4.41. The van der Waals surface area contributed by atoms with Crippen LogP contribution >= 0.6 is 11.8 Å². The Morgan fingerprint density at radius 1 is 1.47 bits per heavy atom. The number of hydrogen-bond acceptors (Lipinski definition) is 4. The number of thioether (sulfide) groups is 1. The molecule has 0 aromatic heterocycles. The van der Waals surface area contributed by atoms with Crippen LogP contribution in [-0.2, 0) is 9.59 Å². The van der Waals surface area contributed by atoms with Crippen LogP contribution in [0, 0.1) is 0 Å². The fourth-order valence-electron chi connectivity index (χ4n) is 2.00. The SMILES string of the molecule is C=CCSCCNC1CC(=O)N(C2CC2)C1=O. The third-order valence-corrected chi connectivity index (χ3v) is 3.93. The number of nitrogens with zero attached hydrogens (tertiary/aromatic N) is 1. The monoisotopic (exact) mass is 254 g/mol. The molecule has 5 heteroatoms. The number of rotatable bonds is 7. The Hall–Kier alpha value is -0.810. The van der Waals surface area contributed by atoms with Crippen LogP contribution in [0.15, 0.2) is 12.7 Å². The Balaban J connectivity index is 1.72. The molecule has 2 fully saturated rings. The van der Waals surface area contributed by atoms with E-state index in [4.69, 9.17) is 0 Å². The normalized spacial score (nSPS) is 24.5. The van der Waals surface area contributed by atoms with Crippen molar-refractivity contribution in [2.45, 2.75) is 31.3 Å². The molecule has 17 heavy (non-hydrogen) atoms. The first kappa shape index (κ1) is 12.6. The van der Waals surface area contributed by atoms with E-state index in [0.717, 1.165) is 30.9 Å². The Labute approximate surface area is 106 Å². The van der Waals surface area contributed by atoms with Crippen LogP contribution in [0.1, 0.15) is 19.3 Å². The van der Waals surface area contributed by atoms with E-state index in [1.165, 1.54) is 4.90 Å². The molecule has 94 valence electrons. The average molecular weight is 254 g/mol. The van der Waals surface area contributed by atoms with Gasteiger partial charge in [0.1, 0.15) is 0 Å². The van der Waals surface area contributed by atoms with E-state index in [9.17, 15) is 9.59 Å². The summed E-state index contributed by atoms with van der Waals surface area (Å²) in [5.74, 6) is 1.83. The minimum absolute atomic E-state index is 0.00579. The molecule has 1 aliphatic heterocycles. The first-order valence-electron chi connectivity index (χ1n) is 6.02. The molecular weight excluding hydrogens is 236 g/mol. The topological polar surface area (TPSA) is 49.4 Å². The summed E-state index contributed by atoms with van der Waals surface area (Å²) in [4.78, 5) is 25.1. The zero-order valence-corrected chi connectivity index (χ0v) is 10.7. The van der Waals surface area contributed by atoms with E-state index in [0.29, 0.717) is 6.42 Å². The van der Waals surface area contributed by atoms with Crippen molar-refractivity contribution in [2.75, 3.05) is 18.1 Å². The number of hydrogen-bond donors (Lipinski definition) is 1. The van der Waals surface area contributed by atoms with Crippen LogP contribution in [0.3, 0.4) is 0 Å². The summed E-state index contributed by atoms with van der Waals surface area (Å²) in [6.07, 6.45) is 4.17. The fourth-order valence-corrected chi connectivity index (χ4v) is 2.59. The molecule has 0 spiro atoms. The molecule has 1 N–H and O–H groups in total. The molecule has 2 aliphatic rings. The van der Waals surface area contributed by atoms with Crippen LogP contribution in [0.5, 0.6) is 0 Å². The number of imide groups is 1. The van der Waals surface area contributed by atoms with Crippen molar-refractivity contribution in [3.63, 3.8) is 0 Å². The van der Waals surface area contributed by atoms with Crippen molar-refractivity contribution in [3.05, 3.63) is 12.7 Å². The van der Waals surface area contributed by atoms with Crippen LogP contribution in [0.2, 0.25) is 0 Å². The third kappa shape index (κ3) is 3.10. The predicted molar refractivity (Wildman–Crippen MR) is 68.8 cm³/mol. The molecule has 0 radical (unpaired) electrons. The summed E-state index contributed by atoms with van der Waals surface area (Å²) in [5.41, 5.74) is 0. The summed E-state index contributed by atoms with van der Waals surface area (Å²) >= 11 is 1.77. The molecule has 0 bridgehead atoms. The number of amides is 2. The van der Waals surface area contributed by atoms with Gasteiger partial charge in [0.25, 0.3) is 0 Å². The van der Waals surface area contributed by atoms with Gasteiger partial charge in [-0.3, -0.25) is 14.5 Å². The molecule has 1 unspecified atom stereocenters. The Bertz CT molecular complexity index is 328. The van der Waals surface area contributed by atoms with Crippen molar-refractivity contribution in [1.29, 1.82) is 0 Å². The summed E-state index contributed by atoms with van der Waals surface area (Å²) in [7, 11) is 0. The number of likely N-dealkylation sites (tertiary alicyclic amines) is 1. The van der Waals surface area contributed by atoms with Crippen molar-refractivity contribution in [1.82, 2.24) is 10.2 Å². The Morgan fingerprint density at radius 3 is 2.88 bits per heavy atom. The highest BCUT2D eigenvalue weighted by molar-refractivity contribution is 7.99. The van der Waals surface area contributed by atoms with Crippen molar-refractivity contribution >= 4 is 23.6 Å². The Morgan fingerprint density at radius 2 is 2.24 bits per heavy atom. The van der Waals surface area contributed by atoms with Crippen molar-refractivity contribution in [3.8, 4) is 0 Å². The highest BCUT2D eigenvalue weighted by atomic mass is 32.2. The van der Waals surface area contributed by atoms with E-state index in [1.807, 2.05) is 6.08 Å². The molecule has 0 aromatic carbocycles. The smallest absolute Gasteiger partial charge is 0.247 e. The van der Waals surface area contributed by atoms with Crippen molar-refractivity contribution < 1.29 is 9.59 Å². The predicted octanol–water partition coefficient (Wildman–Crippen LogP) is 0.785. The lowest BCUT2D eigenvalue weighted by Crippen LogP contribution is -2.40. The molecule has 1 saturated carbocycles. The second kappa shape index (κ2) is 5.69. The first-order chi connectivity index (χ1) is 8.24. The highest BCUT2D eigenvalue weighted by Gasteiger charge is 2.45. The van der Waals surface area contributed by atoms with Gasteiger partial charge in [-0.15, -0.1) is 6.58 Å². The summed E-state index contributed by atoms with van der Waals surface area (Å²) in [5, 5.41) is 3.17. The molecule has 1 atom stereocenters. The second-order valence-electron chi connectivity index (χ2n) is 4.41. The first-order valence-corrected chi connectivity index (χ1v) is 7.17. The van der Waals surface area contributed by atoms with Crippen LogP contribution in [0.25, 0.3) is 0 Å². The lowest BCUT2D eigenvalue weighted by Gasteiger charge is -2.14. The standard InChI is InChI=1S/C12H18N2O2S/c1-2-6-17-7-5-13-10-8-11(15)14(12(10)16)9-3-4-9/h2,9-10,13H,1,3-8H2. The van der Waals surface area contributed by atoms with Crippen LogP contribution in [-0.4, -0.2) is 46.8 Å². The lowest BCUT2D eigenvalue weighted by molar-refractivity contribution is -0.139. The molecular formula is C12H18N2O2S. The van der Waals surface area contributed by atoms with E-state index in [2.05, 4.69) is 11.9 Å². The summed E-state index contributed by atoms with van der Waals surface area (Å²) < 4.78 is 0. The minimum Gasteiger partial charge on any atom is -0.305 e. The molecule has 2 amide bonds. The molecule has 0 aromatic rings. The number of carbonyl (C=O) groups excluding carboxylic acids is 2. The van der Waals surface area contributed by atoms with E-state index >= 15 is 0 Å². The highest BCUT2D eigenvalue weighted by Crippen LogP contribution is 2.31. The molecule has 1 saturated heterocycles. The second-order valence-corrected chi connectivity index (χ2v) is 5.56. The van der Waals surface area contributed by atoms with Gasteiger partial charge in [-0.25, -0.2) is 0 Å². The van der Waals surface area contributed by atoms with Gasteiger partial charge in [-0.1, -0.05) is 6.08 Å². The van der Waals surface area contributed by atoms with Gasteiger partial charge in [0.15, 0.2) is 0 Å². The van der Waals surface area contributed by atoms with Crippen LogP contribution < -0.4 is 5.32 Å². The minimum atomic E-state index is -0.285. The fraction of sp³-hybridized carbons (Fsp3) is 0.667. The van der Waals surface area contributed by atoms with Gasteiger partial charge < -0.3 is 5.32 Å². The average Bonchev–Trinajstić information content (AvgIpc) is 3.08. The largest absolute Gasteiger partial charge is 0.305 e. The maximum absolute atomic E-state index is 11.9. The quantitative estimate of drug-likeness (QED) is 0.414.